The maximum Gasteiger partial charge on any atom is 0.338 e. The number of hydrogen-bond acceptors (Lipinski definition) is 5. The molecule has 0 radical (unpaired) electrons. The highest BCUT2D eigenvalue weighted by atomic mass is 16.5. The van der Waals surface area contributed by atoms with E-state index in [4.69, 9.17) is 4.74 Å². The number of anilines is 1. The fourth-order valence-corrected chi connectivity index (χ4v) is 5.64. The third-order valence-electron chi connectivity index (χ3n) is 7.16. The van der Waals surface area contributed by atoms with Crippen molar-refractivity contribution in [1.29, 1.82) is 0 Å². The van der Waals surface area contributed by atoms with E-state index in [1.165, 1.54) is 4.90 Å². The monoisotopic (exact) mass is 422 g/mol. The van der Waals surface area contributed by atoms with Gasteiger partial charge in [0.1, 0.15) is 0 Å². The third kappa shape index (κ3) is 3.36. The molecule has 3 fully saturated rings. The van der Waals surface area contributed by atoms with Crippen LogP contribution in [-0.2, 0) is 19.1 Å². The minimum Gasteiger partial charge on any atom is -0.462 e. The second-order valence-corrected chi connectivity index (χ2v) is 8.99. The molecule has 7 nitrogen and oxygen atoms in total. The summed E-state index contributed by atoms with van der Waals surface area (Å²) in [7, 11) is 0. The van der Waals surface area contributed by atoms with E-state index in [0.29, 0.717) is 29.7 Å². The Balaban J connectivity index is 1.16. The van der Waals surface area contributed by atoms with Crippen LogP contribution < -0.4 is 5.32 Å². The fourth-order valence-electron chi connectivity index (χ4n) is 5.64. The molecule has 5 aliphatic rings. The minimum atomic E-state index is -0.395. The maximum atomic E-state index is 12.9. The molecule has 4 aliphatic carbocycles. The summed E-state index contributed by atoms with van der Waals surface area (Å²) in [5, 5.41) is 2.76. The van der Waals surface area contributed by atoms with Gasteiger partial charge in [-0.2, -0.15) is 0 Å². The molecule has 7 heteroatoms. The Labute approximate surface area is 180 Å². The van der Waals surface area contributed by atoms with Gasteiger partial charge in [0.25, 0.3) is 0 Å². The molecular formula is C24H26N2O5. The Morgan fingerprint density at radius 2 is 1.65 bits per heavy atom. The second kappa shape index (κ2) is 7.62. The van der Waals surface area contributed by atoms with Crippen molar-refractivity contribution in [3.63, 3.8) is 0 Å². The third-order valence-corrected chi connectivity index (χ3v) is 7.16. The lowest BCUT2D eigenvalue weighted by atomic mass is 9.63. The number of likely N-dealkylation sites (tertiary alicyclic amines) is 1. The summed E-state index contributed by atoms with van der Waals surface area (Å²) >= 11 is 0. The number of esters is 1. The molecular weight excluding hydrogens is 396 g/mol. The predicted molar refractivity (Wildman–Crippen MR) is 112 cm³/mol. The van der Waals surface area contributed by atoms with E-state index in [9.17, 15) is 19.2 Å². The van der Waals surface area contributed by atoms with Crippen LogP contribution in [0.15, 0.2) is 36.4 Å². The van der Waals surface area contributed by atoms with Gasteiger partial charge in [-0.25, -0.2) is 4.79 Å². The Morgan fingerprint density at radius 1 is 1.03 bits per heavy atom. The molecule has 1 N–H and O–H groups in total. The number of nitrogens with zero attached hydrogens (tertiary/aromatic N) is 1. The van der Waals surface area contributed by atoms with Crippen molar-refractivity contribution in [3.8, 4) is 0 Å². The van der Waals surface area contributed by atoms with Crippen LogP contribution in [0.3, 0.4) is 0 Å². The number of carbonyl (C=O) groups excluding carboxylic acids is 4. The quantitative estimate of drug-likeness (QED) is 0.414. The van der Waals surface area contributed by atoms with E-state index in [0.717, 1.165) is 12.8 Å². The predicted octanol–water partition coefficient (Wildman–Crippen LogP) is 2.64. The highest BCUT2D eigenvalue weighted by Gasteiger charge is 2.66. The molecule has 31 heavy (non-hydrogen) atoms. The molecule has 0 spiro atoms. The fraction of sp³-hybridized carbons (Fsp3) is 0.500. The molecule has 0 aromatic heterocycles. The molecule has 6 rings (SSSR count). The molecule has 1 aromatic rings. The number of carbonyl (C=O) groups is 4. The van der Waals surface area contributed by atoms with Gasteiger partial charge >= 0.3 is 5.97 Å². The van der Waals surface area contributed by atoms with Crippen LogP contribution in [0.4, 0.5) is 5.69 Å². The highest BCUT2D eigenvalue weighted by molar-refractivity contribution is 6.06. The van der Waals surface area contributed by atoms with E-state index >= 15 is 0 Å². The standard InChI is InChI=1S/C24H26N2O5/c1-2-11-31-24(30)13-3-5-14(6-4-13)25-19(27)9-10-26-22(28)20-15-7-8-16(18-12-17(15)18)21(20)23(26)29/h3-8,15-18,20-21H,2,9-12H2,1H3,(H,25,27)/t15-,16+,17-,18-,20+,21+/m1/s1. The van der Waals surface area contributed by atoms with Gasteiger partial charge in [0.15, 0.2) is 0 Å². The number of benzene rings is 1. The topological polar surface area (TPSA) is 92.8 Å². The lowest BCUT2D eigenvalue weighted by Gasteiger charge is -2.37. The zero-order valence-electron chi connectivity index (χ0n) is 17.5. The number of amides is 3. The molecule has 2 saturated carbocycles. The Bertz CT molecular complexity index is 933. The SMILES string of the molecule is CCCOC(=O)c1ccc(NC(=O)CCN2C(=O)[C@H]3[C@@H]4C=C[C@@H]([C@H]5C[C@H]45)[C@@H]3C2=O)cc1. The first-order valence-electron chi connectivity index (χ1n) is 11.1. The summed E-state index contributed by atoms with van der Waals surface area (Å²) < 4.78 is 5.08. The zero-order valence-corrected chi connectivity index (χ0v) is 17.5. The average molecular weight is 422 g/mol. The number of ether oxygens (including phenoxy) is 1. The average Bonchev–Trinajstić information content (AvgIpc) is 3.56. The van der Waals surface area contributed by atoms with Crippen molar-refractivity contribution in [2.45, 2.75) is 26.2 Å². The number of nitrogens with one attached hydrogen (secondary N) is 1. The second-order valence-electron chi connectivity index (χ2n) is 8.99. The van der Waals surface area contributed by atoms with Gasteiger partial charge in [-0.05, 0) is 60.8 Å². The van der Waals surface area contributed by atoms with Crippen LogP contribution in [0.1, 0.15) is 36.5 Å². The Kier molecular flexibility index (Phi) is 4.91. The Hall–Kier alpha value is -2.96. The van der Waals surface area contributed by atoms with E-state index in [1.54, 1.807) is 24.3 Å². The summed E-state index contributed by atoms with van der Waals surface area (Å²) in [6.45, 7) is 2.39. The highest BCUT2D eigenvalue weighted by Crippen LogP contribution is 2.65. The van der Waals surface area contributed by atoms with Gasteiger partial charge in [-0.3, -0.25) is 19.3 Å². The molecule has 1 aromatic carbocycles. The summed E-state index contributed by atoms with van der Waals surface area (Å²) in [6, 6.07) is 6.47. The summed E-state index contributed by atoms with van der Waals surface area (Å²) in [5.41, 5.74) is 0.968. The van der Waals surface area contributed by atoms with Crippen molar-refractivity contribution >= 4 is 29.4 Å². The van der Waals surface area contributed by atoms with Gasteiger partial charge in [0.05, 0.1) is 24.0 Å². The van der Waals surface area contributed by atoms with Crippen molar-refractivity contribution in [3.05, 3.63) is 42.0 Å². The lowest BCUT2D eigenvalue weighted by Crippen LogP contribution is -2.40. The van der Waals surface area contributed by atoms with Crippen LogP contribution in [-0.4, -0.2) is 41.7 Å². The normalized spacial score (nSPS) is 32.0. The van der Waals surface area contributed by atoms with Crippen LogP contribution in [0.25, 0.3) is 0 Å². The largest absolute Gasteiger partial charge is 0.462 e. The summed E-state index contributed by atoms with van der Waals surface area (Å²) in [5.74, 6) is 0.176. The van der Waals surface area contributed by atoms with Crippen LogP contribution in [0.5, 0.6) is 0 Å². The first-order valence-corrected chi connectivity index (χ1v) is 11.1. The smallest absolute Gasteiger partial charge is 0.338 e. The number of imide groups is 1. The van der Waals surface area contributed by atoms with E-state index in [2.05, 4.69) is 17.5 Å². The van der Waals surface area contributed by atoms with E-state index < -0.39 is 5.97 Å². The van der Waals surface area contributed by atoms with Crippen LogP contribution >= 0.6 is 0 Å². The number of hydrogen-bond donors (Lipinski definition) is 1. The van der Waals surface area contributed by atoms with Crippen LogP contribution in [0.2, 0.25) is 0 Å². The van der Waals surface area contributed by atoms with Gasteiger partial charge in [-0.15, -0.1) is 0 Å². The lowest BCUT2D eigenvalue weighted by molar-refractivity contribution is -0.140. The molecule has 2 bridgehead atoms. The molecule has 1 saturated heterocycles. The van der Waals surface area contributed by atoms with Crippen LogP contribution in [0, 0.1) is 35.5 Å². The molecule has 0 unspecified atom stereocenters. The molecule has 162 valence electrons. The van der Waals surface area contributed by atoms with Crippen molar-refractivity contribution < 1.29 is 23.9 Å². The molecule has 1 heterocycles. The van der Waals surface area contributed by atoms with E-state index in [1.807, 2.05) is 6.92 Å². The van der Waals surface area contributed by atoms with Crippen molar-refractivity contribution in [1.82, 2.24) is 4.90 Å². The molecule has 1 aliphatic heterocycles. The molecule has 3 amide bonds. The summed E-state index contributed by atoms with van der Waals surface area (Å²) in [4.78, 5) is 51.4. The Morgan fingerprint density at radius 3 is 2.23 bits per heavy atom. The maximum absolute atomic E-state index is 12.9. The van der Waals surface area contributed by atoms with Gasteiger partial charge in [0, 0.05) is 18.7 Å². The number of allylic oxidation sites excluding steroid dienone is 2. The zero-order chi connectivity index (χ0) is 21.7. The van der Waals surface area contributed by atoms with Gasteiger partial charge in [-0.1, -0.05) is 19.1 Å². The van der Waals surface area contributed by atoms with E-state index in [-0.39, 0.29) is 54.4 Å². The molecule has 6 atom stereocenters. The number of rotatable bonds is 7. The van der Waals surface area contributed by atoms with Gasteiger partial charge < -0.3 is 10.1 Å². The van der Waals surface area contributed by atoms with Crippen molar-refractivity contribution in [2.75, 3.05) is 18.5 Å². The minimum absolute atomic E-state index is 0.0484. The summed E-state index contributed by atoms with van der Waals surface area (Å²) in [6.07, 6.45) is 6.22. The van der Waals surface area contributed by atoms with Gasteiger partial charge in [0.2, 0.25) is 17.7 Å². The first-order chi connectivity index (χ1) is 15.0. The first kappa shape index (κ1) is 20.0. The van der Waals surface area contributed by atoms with Crippen molar-refractivity contribution in [2.24, 2.45) is 35.5 Å².